The van der Waals surface area contributed by atoms with Gasteiger partial charge < -0.3 is 9.47 Å². The van der Waals surface area contributed by atoms with E-state index in [0.29, 0.717) is 5.75 Å². The fourth-order valence-electron chi connectivity index (χ4n) is 1.88. The first-order chi connectivity index (χ1) is 9.37. The molecule has 0 N–H and O–H groups in total. The van der Waals surface area contributed by atoms with Crippen molar-refractivity contribution >= 4 is 0 Å². The minimum absolute atomic E-state index is 0.235. The number of ether oxygens (including phenoxy) is 2. The minimum atomic E-state index is -4.67. The molecule has 0 unspecified atom stereocenters. The molecule has 0 spiro atoms. The molecule has 0 radical (unpaired) electrons. The molecule has 5 heteroatoms. The quantitative estimate of drug-likeness (QED) is 0.821. The molecule has 0 aromatic heterocycles. The van der Waals surface area contributed by atoms with Gasteiger partial charge in [-0.3, -0.25) is 0 Å². The van der Waals surface area contributed by atoms with Crippen LogP contribution in [0.25, 0.3) is 11.1 Å². The Morgan fingerprint density at radius 3 is 2.05 bits per heavy atom. The molecule has 0 aliphatic heterocycles. The Morgan fingerprint density at radius 1 is 0.850 bits per heavy atom. The molecule has 0 amide bonds. The molecule has 0 saturated heterocycles. The summed E-state index contributed by atoms with van der Waals surface area (Å²) in [5, 5.41) is 0. The summed E-state index contributed by atoms with van der Waals surface area (Å²) >= 11 is 0. The highest BCUT2D eigenvalue weighted by molar-refractivity contribution is 5.66. The maximum atomic E-state index is 12.1. The Balaban J connectivity index is 2.28. The van der Waals surface area contributed by atoms with E-state index in [-0.39, 0.29) is 5.75 Å². The van der Waals surface area contributed by atoms with Gasteiger partial charge in [-0.1, -0.05) is 18.2 Å². The van der Waals surface area contributed by atoms with E-state index in [2.05, 4.69) is 4.74 Å². The van der Waals surface area contributed by atoms with E-state index in [9.17, 15) is 13.2 Å². The van der Waals surface area contributed by atoms with E-state index < -0.39 is 6.36 Å². The monoisotopic (exact) mass is 282 g/mol. The number of hydrogen-bond acceptors (Lipinski definition) is 2. The normalized spacial score (nSPS) is 11.2. The van der Waals surface area contributed by atoms with E-state index in [0.717, 1.165) is 16.7 Å². The minimum Gasteiger partial charge on any atom is -0.497 e. The average Bonchev–Trinajstić information content (AvgIpc) is 2.37. The highest BCUT2D eigenvalue weighted by atomic mass is 19.4. The maximum Gasteiger partial charge on any atom is 0.573 e. The summed E-state index contributed by atoms with van der Waals surface area (Å²) in [5.41, 5.74) is 2.68. The lowest BCUT2D eigenvalue weighted by molar-refractivity contribution is -0.274. The van der Waals surface area contributed by atoms with E-state index in [1.54, 1.807) is 19.2 Å². The van der Waals surface area contributed by atoms with Crippen LogP contribution in [0.1, 0.15) is 5.56 Å². The highest BCUT2D eigenvalue weighted by Gasteiger charge is 2.30. The second kappa shape index (κ2) is 5.45. The van der Waals surface area contributed by atoms with Crippen molar-refractivity contribution in [2.24, 2.45) is 0 Å². The zero-order valence-electron chi connectivity index (χ0n) is 11.0. The van der Waals surface area contributed by atoms with Crippen molar-refractivity contribution in [2.45, 2.75) is 13.3 Å². The lowest BCUT2D eigenvalue weighted by Gasteiger charge is -2.10. The van der Waals surface area contributed by atoms with Gasteiger partial charge in [-0.15, -0.1) is 13.2 Å². The number of alkyl halides is 3. The lowest BCUT2D eigenvalue weighted by atomic mass is 10.0. The van der Waals surface area contributed by atoms with Crippen molar-refractivity contribution in [3.05, 3.63) is 48.0 Å². The first-order valence-electron chi connectivity index (χ1n) is 5.89. The van der Waals surface area contributed by atoms with Crippen molar-refractivity contribution in [1.29, 1.82) is 0 Å². The number of benzene rings is 2. The molecule has 106 valence electrons. The van der Waals surface area contributed by atoms with E-state index in [1.807, 2.05) is 25.1 Å². The van der Waals surface area contributed by atoms with Gasteiger partial charge in [0.25, 0.3) is 0 Å². The van der Waals surface area contributed by atoms with Crippen LogP contribution in [0, 0.1) is 6.92 Å². The smallest absolute Gasteiger partial charge is 0.497 e. The van der Waals surface area contributed by atoms with Gasteiger partial charge in [0, 0.05) is 0 Å². The van der Waals surface area contributed by atoms with E-state index >= 15 is 0 Å². The Kier molecular flexibility index (Phi) is 3.88. The summed E-state index contributed by atoms with van der Waals surface area (Å²) in [7, 11) is 1.57. The van der Waals surface area contributed by atoms with Crippen LogP contribution < -0.4 is 9.47 Å². The fourth-order valence-corrected chi connectivity index (χ4v) is 1.88. The van der Waals surface area contributed by atoms with Gasteiger partial charge in [-0.2, -0.15) is 0 Å². The standard InChI is InChI=1S/C15H13F3O2/c1-10-7-12(9-14(8-10)19-2)11-3-5-13(6-4-11)20-15(16,17)18/h3-9H,1-2H3. The van der Waals surface area contributed by atoms with E-state index in [1.165, 1.54) is 12.1 Å². The fraction of sp³-hybridized carbons (Fsp3) is 0.200. The van der Waals surface area contributed by atoms with Gasteiger partial charge in [0.1, 0.15) is 11.5 Å². The predicted octanol–water partition coefficient (Wildman–Crippen LogP) is 4.57. The van der Waals surface area contributed by atoms with Crippen molar-refractivity contribution in [2.75, 3.05) is 7.11 Å². The van der Waals surface area contributed by atoms with Crippen LogP contribution in [0.2, 0.25) is 0 Å². The third kappa shape index (κ3) is 3.66. The highest BCUT2D eigenvalue weighted by Crippen LogP contribution is 2.29. The molecule has 0 bridgehead atoms. The summed E-state index contributed by atoms with van der Waals surface area (Å²) in [6.07, 6.45) is -4.67. The third-order valence-electron chi connectivity index (χ3n) is 2.71. The number of methoxy groups -OCH3 is 1. The Bertz CT molecular complexity index is 589. The van der Waals surface area contributed by atoms with Crippen LogP contribution in [-0.2, 0) is 0 Å². The SMILES string of the molecule is COc1cc(C)cc(-c2ccc(OC(F)(F)F)cc2)c1. The summed E-state index contributed by atoms with van der Waals surface area (Å²) in [4.78, 5) is 0. The number of hydrogen-bond donors (Lipinski definition) is 0. The molecule has 0 aliphatic rings. The Morgan fingerprint density at radius 2 is 1.50 bits per heavy atom. The first kappa shape index (κ1) is 14.2. The Hall–Kier alpha value is -2.17. The summed E-state index contributed by atoms with van der Waals surface area (Å²) in [6.45, 7) is 1.92. The molecule has 20 heavy (non-hydrogen) atoms. The van der Waals surface area contributed by atoms with Crippen LogP contribution in [0.15, 0.2) is 42.5 Å². The lowest BCUT2D eigenvalue weighted by Crippen LogP contribution is -2.16. The molecule has 2 aromatic rings. The van der Waals surface area contributed by atoms with Crippen LogP contribution in [-0.4, -0.2) is 13.5 Å². The van der Waals surface area contributed by atoms with Gasteiger partial charge in [0.15, 0.2) is 0 Å². The first-order valence-corrected chi connectivity index (χ1v) is 5.89. The third-order valence-corrected chi connectivity index (χ3v) is 2.71. The van der Waals surface area contributed by atoms with Crippen LogP contribution in [0.3, 0.4) is 0 Å². The van der Waals surface area contributed by atoms with Crippen LogP contribution >= 0.6 is 0 Å². The van der Waals surface area contributed by atoms with Gasteiger partial charge in [-0.25, -0.2) is 0 Å². The van der Waals surface area contributed by atoms with Crippen molar-refractivity contribution < 1.29 is 22.6 Å². The molecule has 0 aliphatic carbocycles. The molecule has 0 saturated carbocycles. The molecule has 0 atom stereocenters. The zero-order valence-corrected chi connectivity index (χ0v) is 11.0. The largest absolute Gasteiger partial charge is 0.573 e. The number of aryl methyl sites for hydroxylation is 1. The van der Waals surface area contributed by atoms with Gasteiger partial charge in [-0.05, 0) is 47.9 Å². The van der Waals surface area contributed by atoms with Crippen molar-refractivity contribution in [3.63, 3.8) is 0 Å². The topological polar surface area (TPSA) is 18.5 Å². The average molecular weight is 282 g/mol. The molecular weight excluding hydrogens is 269 g/mol. The maximum absolute atomic E-state index is 12.1. The molecular formula is C15H13F3O2. The molecule has 0 fully saturated rings. The second-order valence-corrected chi connectivity index (χ2v) is 4.31. The Labute approximate surface area is 114 Å². The summed E-state index contributed by atoms with van der Waals surface area (Å²) in [6, 6.07) is 11.4. The molecule has 0 heterocycles. The van der Waals surface area contributed by atoms with Gasteiger partial charge in [0.2, 0.25) is 0 Å². The second-order valence-electron chi connectivity index (χ2n) is 4.31. The summed E-state index contributed by atoms with van der Waals surface area (Å²) in [5.74, 6) is 0.469. The van der Waals surface area contributed by atoms with Gasteiger partial charge in [0.05, 0.1) is 7.11 Å². The number of halogens is 3. The van der Waals surface area contributed by atoms with E-state index in [4.69, 9.17) is 4.74 Å². The van der Waals surface area contributed by atoms with Crippen molar-refractivity contribution in [3.8, 4) is 22.6 Å². The van der Waals surface area contributed by atoms with Gasteiger partial charge >= 0.3 is 6.36 Å². The molecule has 2 aromatic carbocycles. The molecule has 2 rings (SSSR count). The van der Waals surface area contributed by atoms with Crippen LogP contribution in [0.4, 0.5) is 13.2 Å². The zero-order chi connectivity index (χ0) is 14.8. The number of rotatable bonds is 3. The van der Waals surface area contributed by atoms with Crippen molar-refractivity contribution in [1.82, 2.24) is 0 Å². The summed E-state index contributed by atoms with van der Waals surface area (Å²) < 4.78 is 45.2. The molecule has 2 nitrogen and oxygen atoms in total. The van der Waals surface area contributed by atoms with Crippen LogP contribution in [0.5, 0.6) is 11.5 Å². The predicted molar refractivity (Wildman–Crippen MR) is 69.9 cm³/mol.